The Morgan fingerprint density at radius 1 is 1.04 bits per heavy atom. The van der Waals surface area contributed by atoms with Gasteiger partial charge in [0.25, 0.3) is 5.91 Å². The van der Waals surface area contributed by atoms with Gasteiger partial charge in [0.1, 0.15) is 23.0 Å². The summed E-state index contributed by atoms with van der Waals surface area (Å²) in [5.41, 5.74) is 2.29. The lowest BCUT2D eigenvalue weighted by atomic mass is 10.1. The van der Waals surface area contributed by atoms with Crippen LogP contribution in [0.1, 0.15) is 17.5 Å². The average Bonchev–Trinajstić information content (AvgIpc) is 3.00. The number of ether oxygens (including phenoxy) is 2. The number of amidine groups is 1. The SMILES string of the molecule is COc1cc(/C=C2/N=C(CCc3ccc(Cl)cc3)NC2=O)cc(OC)c1. The van der Waals surface area contributed by atoms with E-state index in [0.717, 1.165) is 17.5 Å². The molecule has 0 bridgehead atoms. The average molecular weight is 371 g/mol. The zero-order valence-electron chi connectivity index (χ0n) is 14.6. The molecule has 2 aromatic carbocycles. The Hall–Kier alpha value is -2.79. The first-order chi connectivity index (χ1) is 12.6. The quantitative estimate of drug-likeness (QED) is 0.785. The molecular weight excluding hydrogens is 352 g/mol. The van der Waals surface area contributed by atoms with Gasteiger partial charge in [0, 0.05) is 17.5 Å². The van der Waals surface area contributed by atoms with Gasteiger partial charge >= 0.3 is 0 Å². The normalized spacial score (nSPS) is 15.0. The summed E-state index contributed by atoms with van der Waals surface area (Å²) >= 11 is 5.89. The maximum absolute atomic E-state index is 12.2. The lowest BCUT2D eigenvalue weighted by Crippen LogP contribution is -2.24. The summed E-state index contributed by atoms with van der Waals surface area (Å²) in [6, 6.07) is 13.1. The van der Waals surface area contributed by atoms with Gasteiger partial charge in [-0.1, -0.05) is 23.7 Å². The molecule has 3 rings (SSSR count). The zero-order chi connectivity index (χ0) is 18.5. The van der Waals surface area contributed by atoms with Crippen molar-refractivity contribution < 1.29 is 14.3 Å². The summed E-state index contributed by atoms with van der Waals surface area (Å²) in [6.07, 6.45) is 3.14. The Bertz CT molecular complexity index is 851. The van der Waals surface area contributed by atoms with E-state index in [9.17, 15) is 4.79 Å². The minimum atomic E-state index is -0.210. The molecule has 1 N–H and O–H groups in total. The molecule has 0 radical (unpaired) electrons. The Labute approximate surface area is 157 Å². The second-order valence-electron chi connectivity index (χ2n) is 5.81. The van der Waals surface area contributed by atoms with Gasteiger partial charge in [-0.25, -0.2) is 4.99 Å². The van der Waals surface area contributed by atoms with Gasteiger partial charge in [0.15, 0.2) is 0 Å². The third kappa shape index (κ3) is 4.43. The number of aryl methyl sites for hydroxylation is 1. The Balaban J connectivity index is 1.75. The van der Waals surface area contributed by atoms with Gasteiger partial charge in [-0.15, -0.1) is 0 Å². The monoisotopic (exact) mass is 370 g/mol. The van der Waals surface area contributed by atoms with E-state index in [0.29, 0.717) is 34.5 Å². The Morgan fingerprint density at radius 3 is 2.31 bits per heavy atom. The third-order valence-corrected chi connectivity index (χ3v) is 4.24. The molecule has 0 aliphatic carbocycles. The highest BCUT2D eigenvalue weighted by Gasteiger charge is 2.19. The number of nitrogens with zero attached hydrogens (tertiary/aromatic N) is 1. The number of hydrogen-bond acceptors (Lipinski definition) is 4. The van der Waals surface area contributed by atoms with E-state index in [2.05, 4.69) is 10.3 Å². The molecule has 1 aliphatic heterocycles. The Morgan fingerprint density at radius 2 is 1.69 bits per heavy atom. The van der Waals surface area contributed by atoms with Crippen molar-refractivity contribution in [2.45, 2.75) is 12.8 Å². The van der Waals surface area contributed by atoms with E-state index in [4.69, 9.17) is 21.1 Å². The molecule has 26 heavy (non-hydrogen) atoms. The number of aliphatic imine (C=N–C) groups is 1. The van der Waals surface area contributed by atoms with Crippen LogP contribution in [0.25, 0.3) is 6.08 Å². The number of methoxy groups -OCH3 is 2. The van der Waals surface area contributed by atoms with Crippen LogP contribution in [0, 0.1) is 0 Å². The number of halogens is 1. The first-order valence-electron chi connectivity index (χ1n) is 8.15. The highest BCUT2D eigenvalue weighted by molar-refractivity contribution is 6.30. The van der Waals surface area contributed by atoms with E-state index < -0.39 is 0 Å². The van der Waals surface area contributed by atoms with Crippen molar-refractivity contribution in [3.8, 4) is 11.5 Å². The summed E-state index contributed by atoms with van der Waals surface area (Å²) in [7, 11) is 3.17. The Kier molecular flexibility index (Phi) is 5.58. The van der Waals surface area contributed by atoms with Gasteiger partial charge in [-0.2, -0.15) is 0 Å². The maximum atomic E-state index is 12.2. The highest BCUT2D eigenvalue weighted by atomic mass is 35.5. The zero-order valence-corrected chi connectivity index (χ0v) is 15.3. The van der Waals surface area contributed by atoms with Crippen molar-refractivity contribution in [2.75, 3.05) is 14.2 Å². The van der Waals surface area contributed by atoms with Crippen LogP contribution in [0.4, 0.5) is 0 Å². The van der Waals surface area contributed by atoms with Gasteiger partial charge in [-0.05, 0) is 47.9 Å². The molecule has 1 amide bonds. The number of benzene rings is 2. The predicted octanol–water partition coefficient (Wildman–Crippen LogP) is 3.86. The summed E-state index contributed by atoms with van der Waals surface area (Å²) in [4.78, 5) is 16.6. The van der Waals surface area contributed by atoms with Crippen molar-refractivity contribution in [3.05, 3.63) is 64.3 Å². The topological polar surface area (TPSA) is 59.9 Å². The summed E-state index contributed by atoms with van der Waals surface area (Å²) in [5, 5.41) is 3.52. The van der Waals surface area contributed by atoms with Gasteiger partial charge in [0.2, 0.25) is 0 Å². The van der Waals surface area contributed by atoms with E-state index in [1.807, 2.05) is 36.4 Å². The molecule has 0 atom stereocenters. The molecule has 1 aliphatic rings. The van der Waals surface area contributed by atoms with Gasteiger partial charge < -0.3 is 14.8 Å². The van der Waals surface area contributed by atoms with E-state index in [-0.39, 0.29) is 5.91 Å². The number of nitrogens with one attached hydrogen (secondary N) is 1. The van der Waals surface area contributed by atoms with Crippen LogP contribution in [-0.2, 0) is 11.2 Å². The number of amides is 1. The van der Waals surface area contributed by atoms with Crippen LogP contribution >= 0.6 is 11.6 Å². The second-order valence-corrected chi connectivity index (χ2v) is 6.25. The molecule has 2 aromatic rings. The fourth-order valence-corrected chi connectivity index (χ4v) is 2.75. The summed E-state index contributed by atoms with van der Waals surface area (Å²) in [5.74, 6) is 1.76. The molecule has 1 heterocycles. The summed E-state index contributed by atoms with van der Waals surface area (Å²) in [6.45, 7) is 0. The van der Waals surface area contributed by atoms with Gasteiger partial charge in [-0.3, -0.25) is 4.79 Å². The first kappa shape index (κ1) is 18.0. The molecule has 0 aromatic heterocycles. The van der Waals surface area contributed by atoms with Gasteiger partial charge in [0.05, 0.1) is 14.2 Å². The molecule has 0 saturated carbocycles. The molecule has 6 heteroatoms. The van der Waals surface area contributed by atoms with Crippen LogP contribution in [0.5, 0.6) is 11.5 Å². The van der Waals surface area contributed by atoms with Crippen molar-refractivity contribution in [1.29, 1.82) is 0 Å². The van der Waals surface area contributed by atoms with Crippen LogP contribution < -0.4 is 14.8 Å². The van der Waals surface area contributed by atoms with Crippen LogP contribution in [0.3, 0.4) is 0 Å². The number of hydrogen-bond donors (Lipinski definition) is 1. The van der Waals surface area contributed by atoms with Crippen LogP contribution in [-0.4, -0.2) is 26.0 Å². The highest BCUT2D eigenvalue weighted by Crippen LogP contribution is 2.25. The lowest BCUT2D eigenvalue weighted by molar-refractivity contribution is -0.115. The second kappa shape index (κ2) is 8.06. The fourth-order valence-electron chi connectivity index (χ4n) is 2.62. The van der Waals surface area contributed by atoms with Crippen molar-refractivity contribution >= 4 is 29.4 Å². The number of rotatable bonds is 6. The smallest absolute Gasteiger partial charge is 0.275 e. The molecule has 134 valence electrons. The van der Waals surface area contributed by atoms with E-state index in [1.54, 1.807) is 26.4 Å². The fraction of sp³-hybridized carbons (Fsp3) is 0.200. The molecule has 0 unspecified atom stereocenters. The molecule has 0 saturated heterocycles. The van der Waals surface area contributed by atoms with Crippen molar-refractivity contribution in [1.82, 2.24) is 5.32 Å². The third-order valence-electron chi connectivity index (χ3n) is 3.99. The summed E-state index contributed by atoms with van der Waals surface area (Å²) < 4.78 is 10.5. The molecule has 5 nitrogen and oxygen atoms in total. The standard InChI is InChI=1S/C20H19ClN2O3/c1-25-16-9-14(10-17(12-16)26-2)11-18-20(24)23-19(22-18)8-5-13-3-6-15(21)7-4-13/h3-4,6-7,9-12H,5,8H2,1-2H3,(H,22,23,24)/b18-11+. The number of carbonyl (C=O) groups is 1. The predicted molar refractivity (Wildman–Crippen MR) is 103 cm³/mol. The van der Waals surface area contributed by atoms with Crippen LogP contribution in [0.2, 0.25) is 5.02 Å². The minimum absolute atomic E-state index is 0.210. The van der Waals surface area contributed by atoms with E-state index >= 15 is 0 Å². The largest absolute Gasteiger partial charge is 0.497 e. The first-order valence-corrected chi connectivity index (χ1v) is 8.53. The molecule has 0 fully saturated rings. The maximum Gasteiger partial charge on any atom is 0.275 e. The van der Waals surface area contributed by atoms with E-state index in [1.165, 1.54) is 0 Å². The molecule has 0 spiro atoms. The minimum Gasteiger partial charge on any atom is -0.497 e. The number of carbonyl (C=O) groups excluding carboxylic acids is 1. The van der Waals surface area contributed by atoms with Crippen molar-refractivity contribution in [3.63, 3.8) is 0 Å². The lowest BCUT2D eigenvalue weighted by Gasteiger charge is -2.05. The van der Waals surface area contributed by atoms with Crippen LogP contribution in [0.15, 0.2) is 53.2 Å². The molecular formula is C20H19ClN2O3. The van der Waals surface area contributed by atoms with Crippen molar-refractivity contribution in [2.24, 2.45) is 4.99 Å².